The number of unbranched alkanes of at least 4 members (excludes halogenated alkanes) is 12. The average Bonchev–Trinajstić information content (AvgIpc) is 2.65. The Labute approximate surface area is 180 Å². The van der Waals surface area contributed by atoms with E-state index in [4.69, 9.17) is 0 Å². The molecule has 0 radical (unpaired) electrons. The lowest BCUT2D eigenvalue weighted by atomic mass is 10.0. The molecule has 0 aliphatic rings. The second-order valence-electron chi connectivity index (χ2n) is 9.11. The number of likely N-dealkylation sites (N-methyl/N-ethyl adjacent to an activating group) is 1. The molecule has 0 aliphatic heterocycles. The Morgan fingerprint density at radius 3 is 1.66 bits per heavy atom. The van der Waals surface area contributed by atoms with Gasteiger partial charge in [-0.05, 0) is 6.42 Å². The molecule has 0 rings (SSSR count). The Morgan fingerprint density at radius 2 is 1.24 bits per heavy atom. The largest absolute Gasteiger partial charge is 0.477 e. The Balaban J connectivity index is 3.54. The van der Waals surface area contributed by atoms with Gasteiger partial charge in [0.05, 0.1) is 27.2 Å². The fraction of sp³-hybridized carbons (Fsp3) is 0.917. The number of hydrogen-bond donors (Lipinski definition) is 2. The third-order valence-electron chi connectivity index (χ3n) is 6.03. The van der Waals surface area contributed by atoms with E-state index in [0.717, 1.165) is 12.8 Å². The molecule has 5 nitrogen and oxygen atoms in total. The van der Waals surface area contributed by atoms with Crippen LogP contribution >= 0.6 is 0 Å². The molecule has 29 heavy (non-hydrogen) atoms. The Morgan fingerprint density at radius 1 is 0.793 bits per heavy atom. The van der Waals surface area contributed by atoms with Crippen LogP contribution in [0.4, 0.5) is 0 Å². The summed E-state index contributed by atoms with van der Waals surface area (Å²) < 4.78 is 0.394. The van der Waals surface area contributed by atoms with E-state index in [-0.39, 0.29) is 5.91 Å². The lowest BCUT2D eigenvalue weighted by molar-refractivity contribution is -0.905. The molecule has 1 atom stereocenters. The summed E-state index contributed by atoms with van der Waals surface area (Å²) in [7, 11) is 3.84. The maximum Gasteiger partial charge on any atom is 0.362 e. The highest BCUT2D eigenvalue weighted by atomic mass is 16.4. The van der Waals surface area contributed by atoms with Crippen LogP contribution in [0.15, 0.2) is 0 Å². The number of nitrogens with zero attached hydrogens (tertiary/aromatic N) is 1. The quantitative estimate of drug-likeness (QED) is 0.204. The van der Waals surface area contributed by atoms with Crippen molar-refractivity contribution >= 4 is 11.9 Å². The van der Waals surface area contributed by atoms with Crippen molar-refractivity contribution < 1.29 is 19.2 Å². The van der Waals surface area contributed by atoms with E-state index in [0.29, 0.717) is 30.4 Å². The molecule has 0 spiro atoms. The molecule has 1 unspecified atom stereocenters. The molecule has 2 N–H and O–H groups in total. The van der Waals surface area contributed by atoms with Gasteiger partial charge in [-0.3, -0.25) is 4.79 Å². The SMILES string of the molecule is CCCCCCCCCCCCCCCC(=O)NCC[N+](C)(C)C(CC)C(=O)O. The van der Waals surface area contributed by atoms with Crippen molar-refractivity contribution in [2.45, 2.75) is 116 Å². The number of carboxylic acid groups (broad SMARTS) is 1. The van der Waals surface area contributed by atoms with Gasteiger partial charge in [-0.25, -0.2) is 4.79 Å². The van der Waals surface area contributed by atoms with E-state index in [2.05, 4.69) is 12.2 Å². The van der Waals surface area contributed by atoms with E-state index in [1.54, 1.807) is 0 Å². The molecule has 0 bridgehead atoms. The molecule has 5 heteroatoms. The first-order valence-corrected chi connectivity index (χ1v) is 12.2. The number of nitrogens with one attached hydrogen (secondary N) is 1. The van der Waals surface area contributed by atoms with Crippen molar-refractivity contribution in [3.63, 3.8) is 0 Å². The molecule has 0 aliphatic carbocycles. The van der Waals surface area contributed by atoms with Crippen LogP contribution in [0.25, 0.3) is 0 Å². The molecular formula is C24H49N2O3+. The van der Waals surface area contributed by atoms with E-state index < -0.39 is 12.0 Å². The van der Waals surface area contributed by atoms with Gasteiger partial charge < -0.3 is 14.9 Å². The zero-order chi connectivity index (χ0) is 22.0. The van der Waals surface area contributed by atoms with Crippen molar-refractivity contribution in [2.24, 2.45) is 0 Å². The lowest BCUT2D eigenvalue weighted by Crippen LogP contribution is -2.55. The van der Waals surface area contributed by atoms with Gasteiger partial charge in [0.25, 0.3) is 0 Å². The summed E-state index contributed by atoms with van der Waals surface area (Å²) >= 11 is 0. The molecular weight excluding hydrogens is 364 g/mol. The molecule has 0 saturated heterocycles. The number of rotatable bonds is 20. The van der Waals surface area contributed by atoms with Crippen LogP contribution in [0.5, 0.6) is 0 Å². The van der Waals surface area contributed by atoms with Crippen LogP contribution in [0, 0.1) is 0 Å². The number of carboxylic acids is 1. The number of carbonyl (C=O) groups excluding carboxylic acids is 1. The molecule has 0 aromatic carbocycles. The van der Waals surface area contributed by atoms with E-state index in [9.17, 15) is 14.7 Å². The lowest BCUT2D eigenvalue weighted by Gasteiger charge is -2.35. The molecule has 1 amide bonds. The summed E-state index contributed by atoms with van der Waals surface area (Å²) in [4.78, 5) is 23.3. The Bertz CT molecular complexity index is 424. The van der Waals surface area contributed by atoms with Crippen molar-refractivity contribution in [2.75, 3.05) is 27.2 Å². The van der Waals surface area contributed by atoms with E-state index in [1.165, 1.54) is 70.6 Å². The molecule has 0 fully saturated rings. The average molecular weight is 414 g/mol. The summed E-state index contributed by atoms with van der Waals surface area (Å²) in [5.74, 6) is -0.674. The summed E-state index contributed by atoms with van der Waals surface area (Å²) in [5, 5.41) is 12.3. The molecule has 0 aromatic heterocycles. The van der Waals surface area contributed by atoms with Crippen molar-refractivity contribution in [3.05, 3.63) is 0 Å². The summed E-state index contributed by atoms with van der Waals surface area (Å²) in [6.45, 7) is 5.33. The first-order chi connectivity index (χ1) is 13.8. The van der Waals surface area contributed by atoms with Crippen molar-refractivity contribution in [3.8, 4) is 0 Å². The summed E-state index contributed by atoms with van der Waals surface area (Å²) in [6.07, 6.45) is 18.2. The molecule has 0 saturated carbocycles. The first kappa shape index (κ1) is 27.9. The minimum absolute atomic E-state index is 0.0939. The number of hydrogen-bond acceptors (Lipinski definition) is 2. The molecule has 0 aromatic rings. The van der Waals surface area contributed by atoms with Gasteiger partial charge >= 0.3 is 5.97 Å². The normalized spacial score (nSPS) is 12.7. The van der Waals surface area contributed by atoms with E-state index >= 15 is 0 Å². The fourth-order valence-electron chi connectivity index (χ4n) is 4.00. The van der Waals surface area contributed by atoms with Crippen LogP contribution in [0.2, 0.25) is 0 Å². The third kappa shape index (κ3) is 15.4. The highest BCUT2D eigenvalue weighted by molar-refractivity contribution is 5.75. The van der Waals surface area contributed by atoms with E-state index in [1.807, 2.05) is 21.0 Å². The second kappa shape index (κ2) is 17.7. The van der Waals surface area contributed by atoms with Gasteiger partial charge in [0, 0.05) is 12.8 Å². The number of quaternary nitrogens is 1. The summed E-state index contributed by atoms with van der Waals surface area (Å²) in [6, 6.07) is -0.423. The highest BCUT2D eigenvalue weighted by Crippen LogP contribution is 2.13. The van der Waals surface area contributed by atoms with Gasteiger partial charge in [0.15, 0.2) is 6.04 Å². The zero-order valence-electron chi connectivity index (χ0n) is 19.8. The third-order valence-corrected chi connectivity index (χ3v) is 6.03. The molecule has 172 valence electrons. The van der Waals surface area contributed by atoms with Crippen molar-refractivity contribution in [1.82, 2.24) is 5.32 Å². The van der Waals surface area contributed by atoms with Crippen LogP contribution in [-0.4, -0.2) is 54.7 Å². The van der Waals surface area contributed by atoms with Crippen LogP contribution < -0.4 is 5.32 Å². The topological polar surface area (TPSA) is 66.4 Å². The smallest absolute Gasteiger partial charge is 0.362 e. The summed E-state index contributed by atoms with van der Waals surface area (Å²) in [5.41, 5.74) is 0. The van der Waals surface area contributed by atoms with Crippen LogP contribution in [0.1, 0.15) is 110 Å². The minimum Gasteiger partial charge on any atom is -0.477 e. The second-order valence-corrected chi connectivity index (χ2v) is 9.11. The molecule has 0 heterocycles. The number of amides is 1. The van der Waals surface area contributed by atoms with Gasteiger partial charge in [-0.15, -0.1) is 0 Å². The Kier molecular flexibility index (Phi) is 17.1. The monoisotopic (exact) mass is 413 g/mol. The van der Waals surface area contributed by atoms with Crippen molar-refractivity contribution in [1.29, 1.82) is 0 Å². The standard InChI is InChI=1S/C24H48N2O3/c1-5-7-8-9-10-11-12-13-14-15-16-17-18-19-23(27)25-20-21-26(3,4)22(6-2)24(28)29/h22H,5-21H2,1-4H3,(H-,25,27,28,29)/p+1. The number of aliphatic carboxylic acids is 1. The number of carbonyl (C=O) groups is 2. The predicted octanol–water partition coefficient (Wildman–Crippen LogP) is 5.52. The highest BCUT2D eigenvalue weighted by Gasteiger charge is 2.32. The predicted molar refractivity (Wildman–Crippen MR) is 122 cm³/mol. The maximum atomic E-state index is 12.0. The van der Waals surface area contributed by atoms with Gasteiger partial charge in [-0.2, -0.15) is 0 Å². The van der Waals surface area contributed by atoms with Gasteiger partial charge in [0.1, 0.15) is 0 Å². The maximum absolute atomic E-state index is 12.0. The fourth-order valence-corrected chi connectivity index (χ4v) is 4.00. The zero-order valence-corrected chi connectivity index (χ0v) is 19.8. The Hall–Kier alpha value is -1.10. The first-order valence-electron chi connectivity index (χ1n) is 12.2. The minimum atomic E-state index is -0.768. The van der Waals surface area contributed by atoms with Gasteiger partial charge in [0.2, 0.25) is 5.91 Å². The van der Waals surface area contributed by atoms with Crippen LogP contribution in [0.3, 0.4) is 0 Å². The van der Waals surface area contributed by atoms with Crippen LogP contribution in [-0.2, 0) is 9.59 Å². The van der Waals surface area contributed by atoms with Gasteiger partial charge in [-0.1, -0.05) is 90.9 Å².